The van der Waals surface area contributed by atoms with Crippen LogP contribution in [0.4, 0.5) is 14.5 Å². The molecule has 9 heteroatoms. The molecule has 0 bridgehead atoms. The molecule has 92 valence electrons. The number of ether oxygens (including phenoxy) is 1. The van der Waals surface area contributed by atoms with Crippen molar-refractivity contribution in [1.82, 2.24) is 4.98 Å². The molecule has 6 nitrogen and oxygen atoms in total. The van der Waals surface area contributed by atoms with E-state index in [2.05, 4.69) is 9.72 Å². The smallest absolute Gasteiger partial charge is 0.339 e. The first-order valence-corrected chi connectivity index (χ1v) is 4.47. The fourth-order valence-corrected chi connectivity index (χ4v) is 1.22. The second kappa shape index (κ2) is 5.00. The topological polar surface area (TPSA) is 82.3 Å². The molecule has 0 unspecified atom stereocenters. The van der Waals surface area contributed by atoms with Crippen LogP contribution in [0.25, 0.3) is 0 Å². The van der Waals surface area contributed by atoms with Crippen LogP contribution in [0.1, 0.15) is 22.5 Å². The molecule has 0 radical (unpaired) electrons. The molecule has 0 spiro atoms. The standard InChI is InChI=1S/C8H5ClF2N2O4/c1-17-8-5(13(15)16)3(7(10)11)2-4(12-8)6(9)14/h2,7H,1H3. The lowest BCUT2D eigenvalue weighted by Crippen LogP contribution is -2.06. The van der Waals surface area contributed by atoms with Crippen molar-refractivity contribution in [2.75, 3.05) is 7.11 Å². The number of halogens is 3. The number of carbonyl (C=O) groups excluding carboxylic acids is 1. The Bertz CT molecular complexity index is 481. The van der Waals surface area contributed by atoms with Gasteiger partial charge in [-0.1, -0.05) is 0 Å². The Kier molecular flexibility index (Phi) is 3.89. The van der Waals surface area contributed by atoms with Crippen molar-refractivity contribution in [3.05, 3.63) is 27.4 Å². The molecule has 0 aliphatic rings. The van der Waals surface area contributed by atoms with Crippen LogP contribution in [-0.4, -0.2) is 22.3 Å². The molecular formula is C8H5ClF2N2O4. The van der Waals surface area contributed by atoms with Crippen LogP contribution in [-0.2, 0) is 0 Å². The van der Waals surface area contributed by atoms with E-state index in [9.17, 15) is 23.7 Å². The van der Waals surface area contributed by atoms with Gasteiger partial charge in [0.2, 0.25) is 0 Å². The lowest BCUT2D eigenvalue weighted by molar-refractivity contribution is -0.387. The Labute approximate surface area is 98.3 Å². The molecule has 17 heavy (non-hydrogen) atoms. The van der Waals surface area contributed by atoms with Crippen LogP contribution in [0.2, 0.25) is 0 Å². The van der Waals surface area contributed by atoms with E-state index in [1.54, 1.807) is 0 Å². The molecule has 0 N–H and O–H groups in total. The molecule has 1 aromatic heterocycles. The monoisotopic (exact) mass is 266 g/mol. The van der Waals surface area contributed by atoms with Gasteiger partial charge in [0, 0.05) is 0 Å². The molecule has 1 rings (SSSR count). The van der Waals surface area contributed by atoms with Crippen molar-refractivity contribution < 1.29 is 23.2 Å². The number of nitro groups is 1. The van der Waals surface area contributed by atoms with Gasteiger partial charge in [-0.2, -0.15) is 0 Å². The van der Waals surface area contributed by atoms with Gasteiger partial charge in [-0.05, 0) is 17.7 Å². The number of rotatable bonds is 4. The van der Waals surface area contributed by atoms with Crippen LogP contribution in [0.5, 0.6) is 5.88 Å². The minimum Gasteiger partial charge on any atom is -0.476 e. The molecule has 1 aromatic rings. The van der Waals surface area contributed by atoms with Crippen LogP contribution in [0, 0.1) is 10.1 Å². The number of hydrogen-bond donors (Lipinski definition) is 0. The molecule has 0 aromatic carbocycles. The normalized spacial score (nSPS) is 10.4. The number of aromatic nitrogens is 1. The first kappa shape index (κ1) is 13.2. The summed E-state index contributed by atoms with van der Waals surface area (Å²) in [6.07, 6.45) is -3.15. The van der Waals surface area contributed by atoms with Crippen LogP contribution < -0.4 is 4.74 Å². The lowest BCUT2D eigenvalue weighted by Gasteiger charge is -2.06. The number of alkyl halides is 2. The Hall–Kier alpha value is -1.83. The van der Waals surface area contributed by atoms with Gasteiger partial charge in [-0.25, -0.2) is 13.8 Å². The predicted octanol–water partition coefficient (Wildman–Crippen LogP) is 2.32. The molecule has 1 heterocycles. The van der Waals surface area contributed by atoms with Crippen molar-refractivity contribution in [2.24, 2.45) is 0 Å². The van der Waals surface area contributed by atoms with Gasteiger partial charge in [0.1, 0.15) is 11.3 Å². The summed E-state index contributed by atoms with van der Waals surface area (Å²) in [5.74, 6) is -0.684. The van der Waals surface area contributed by atoms with E-state index in [1.807, 2.05) is 0 Å². The molecule has 0 aliphatic carbocycles. The maximum Gasteiger partial charge on any atom is 0.339 e. The Morgan fingerprint density at radius 3 is 2.59 bits per heavy atom. The largest absolute Gasteiger partial charge is 0.476 e. The highest BCUT2D eigenvalue weighted by Gasteiger charge is 2.30. The minimum absolute atomic E-state index is 0.538. The summed E-state index contributed by atoms with van der Waals surface area (Å²) < 4.78 is 29.7. The highest BCUT2D eigenvalue weighted by Crippen LogP contribution is 2.36. The first-order valence-electron chi connectivity index (χ1n) is 4.09. The van der Waals surface area contributed by atoms with Gasteiger partial charge >= 0.3 is 5.69 Å². The summed E-state index contributed by atoms with van der Waals surface area (Å²) in [6, 6.07) is 0.570. The number of hydrogen-bond acceptors (Lipinski definition) is 5. The van der Waals surface area contributed by atoms with Gasteiger partial charge in [-0.15, -0.1) is 0 Å². The number of pyridine rings is 1. The highest BCUT2D eigenvalue weighted by molar-refractivity contribution is 6.67. The van der Waals surface area contributed by atoms with Crippen LogP contribution in [0.15, 0.2) is 6.07 Å². The molecule has 0 saturated carbocycles. The molecule has 0 saturated heterocycles. The van der Waals surface area contributed by atoms with Crippen molar-refractivity contribution >= 4 is 22.5 Å². The Morgan fingerprint density at radius 2 is 2.24 bits per heavy atom. The van der Waals surface area contributed by atoms with E-state index in [-0.39, 0.29) is 0 Å². The van der Waals surface area contributed by atoms with E-state index in [1.165, 1.54) is 0 Å². The van der Waals surface area contributed by atoms with E-state index in [0.717, 1.165) is 7.11 Å². The number of carbonyl (C=O) groups is 1. The summed E-state index contributed by atoms with van der Waals surface area (Å²) >= 11 is 5.07. The van der Waals surface area contributed by atoms with Gasteiger partial charge in [-0.3, -0.25) is 14.9 Å². The third-order valence-corrected chi connectivity index (χ3v) is 2.00. The van der Waals surface area contributed by atoms with Crippen molar-refractivity contribution in [3.63, 3.8) is 0 Å². The second-order valence-corrected chi connectivity index (χ2v) is 3.13. The summed E-state index contributed by atoms with van der Waals surface area (Å²) in [6.45, 7) is 0. The molecule has 0 atom stereocenters. The molecule has 0 amide bonds. The van der Waals surface area contributed by atoms with Crippen molar-refractivity contribution in [1.29, 1.82) is 0 Å². The molecular weight excluding hydrogens is 262 g/mol. The first-order chi connectivity index (χ1) is 7.88. The molecule has 0 fully saturated rings. The van der Waals surface area contributed by atoms with E-state index in [4.69, 9.17) is 11.6 Å². The quantitative estimate of drug-likeness (QED) is 0.474. The summed E-state index contributed by atoms with van der Waals surface area (Å²) in [4.78, 5) is 23.7. The second-order valence-electron chi connectivity index (χ2n) is 2.79. The summed E-state index contributed by atoms with van der Waals surface area (Å²) in [7, 11) is 1.01. The zero-order valence-electron chi connectivity index (χ0n) is 8.32. The van der Waals surface area contributed by atoms with Gasteiger partial charge in [0.15, 0.2) is 0 Å². The van der Waals surface area contributed by atoms with E-state index >= 15 is 0 Å². The van der Waals surface area contributed by atoms with Crippen LogP contribution in [0.3, 0.4) is 0 Å². The zero-order valence-corrected chi connectivity index (χ0v) is 9.07. The highest BCUT2D eigenvalue weighted by atomic mass is 35.5. The minimum atomic E-state index is -3.15. The van der Waals surface area contributed by atoms with Gasteiger partial charge < -0.3 is 4.74 Å². The summed E-state index contributed by atoms with van der Waals surface area (Å²) in [5, 5.41) is 9.51. The van der Waals surface area contributed by atoms with Gasteiger partial charge in [0.25, 0.3) is 17.5 Å². The third kappa shape index (κ3) is 2.64. The fourth-order valence-electron chi connectivity index (χ4n) is 1.13. The third-order valence-electron chi connectivity index (χ3n) is 1.80. The summed E-state index contributed by atoms with van der Waals surface area (Å²) in [5.41, 5.74) is -2.49. The van der Waals surface area contributed by atoms with Gasteiger partial charge in [0.05, 0.1) is 12.0 Å². The van der Waals surface area contributed by atoms with E-state index in [0.29, 0.717) is 6.07 Å². The maximum absolute atomic E-state index is 12.6. The van der Waals surface area contributed by atoms with Crippen LogP contribution >= 0.6 is 11.6 Å². The number of nitrogens with zero attached hydrogens (tertiary/aromatic N) is 2. The van der Waals surface area contributed by atoms with E-state index < -0.39 is 39.4 Å². The molecule has 0 aliphatic heterocycles. The Balaban J connectivity index is 3.57. The maximum atomic E-state index is 12.6. The zero-order chi connectivity index (χ0) is 13.2. The average Bonchev–Trinajstić information content (AvgIpc) is 2.26. The SMILES string of the molecule is COc1nc(C(=O)Cl)cc(C(F)F)c1[N+](=O)[O-]. The Morgan fingerprint density at radius 1 is 1.65 bits per heavy atom. The number of methoxy groups -OCH3 is 1. The average molecular weight is 267 g/mol. The van der Waals surface area contributed by atoms with Crippen molar-refractivity contribution in [2.45, 2.75) is 6.43 Å². The van der Waals surface area contributed by atoms with Crippen molar-refractivity contribution in [3.8, 4) is 5.88 Å². The fraction of sp³-hybridized carbons (Fsp3) is 0.250. The lowest BCUT2D eigenvalue weighted by atomic mass is 10.2. The predicted molar refractivity (Wildman–Crippen MR) is 52.6 cm³/mol.